The van der Waals surface area contributed by atoms with Gasteiger partial charge >= 0.3 is 0 Å². The van der Waals surface area contributed by atoms with E-state index in [0.717, 1.165) is 29.9 Å². The Morgan fingerprint density at radius 3 is 2.79 bits per heavy atom. The molecule has 1 aliphatic heterocycles. The van der Waals surface area contributed by atoms with E-state index in [9.17, 15) is 5.11 Å². The first-order valence-corrected chi connectivity index (χ1v) is 8.53. The van der Waals surface area contributed by atoms with Gasteiger partial charge in [0.25, 0.3) is 0 Å². The smallest absolute Gasteiger partial charge is 0.131 e. The number of anilines is 1. The van der Waals surface area contributed by atoms with Gasteiger partial charge in [0, 0.05) is 30.4 Å². The van der Waals surface area contributed by atoms with Gasteiger partial charge in [0.15, 0.2) is 0 Å². The molecule has 0 unspecified atom stereocenters. The summed E-state index contributed by atoms with van der Waals surface area (Å²) in [7, 11) is 0. The molecule has 0 bridgehead atoms. The highest BCUT2D eigenvalue weighted by Crippen LogP contribution is 2.36. The molecular weight excluding hydrogens is 347 g/mol. The van der Waals surface area contributed by atoms with Gasteiger partial charge in [0.05, 0.1) is 39.7 Å². The number of aliphatic hydroxyl groups excluding tert-OH is 1. The summed E-state index contributed by atoms with van der Waals surface area (Å²) < 4.78 is 1.93. The van der Waals surface area contributed by atoms with E-state index >= 15 is 0 Å². The number of benzene rings is 1. The Bertz CT molecular complexity index is 897. The van der Waals surface area contributed by atoms with Gasteiger partial charge in [-0.15, -0.1) is 0 Å². The quantitative estimate of drug-likeness (QED) is 0.755. The number of hydrogen-bond acceptors (Lipinski definition) is 4. The van der Waals surface area contributed by atoms with E-state index in [-0.39, 0.29) is 12.1 Å². The predicted octanol–water partition coefficient (Wildman–Crippen LogP) is 3.69. The molecule has 124 valence electrons. The van der Waals surface area contributed by atoms with Crippen molar-refractivity contribution in [2.24, 2.45) is 0 Å². The lowest BCUT2D eigenvalue weighted by Crippen LogP contribution is -2.32. The summed E-state index contributed by atoms with van der Waals surface area (Å²) in [6.45, 7) is 2.75. The maximum absolute atomic E-state index is 10.1. The molecule has 5 nitrogen and oxygen atoms in total. The number of aliphatic hydroxyl groups is 1. The highest BCUT2D eigenvalue weighted by Gasteiger charge is 2.30. The molecule has 0 spiro atoms. The molecule has 1 N–H and O–H groups in total. The summed E-state index contributed by atoms with van der Waals surface area (Å²) in [6.07, 6.45) is 5.72. The zero-order valence-electron chi connectivity index (χ0n) is 13.0. The number of halogens is 2. The Kier molecular flexibility index (Phi) is 3.87. The van der Waals surface area contributed by atoms with Gasteiger partial charge in [-0.2, -0.15) is 0 Å². The van der Waals surface area contributed by atoms with Crippen LogP contribution in [0.25, 0.3) is 16.6 Å². The van der Waals surface area contributed by atoms with Crippen molar-refractivity contribution in [3.8, 4) is 5.69 Å². The molecule has 0 aliphatic carbocycles. The fourth-order valence-electron chi connectivity index (χ4n) is 3.21. The third kappa shape index (κ3) is 2.44. The Balaban J connectivity index is 1.97. The summed E-state index contributed by atoms with van der Waals surface area (Å²) in [6, 6.07) is 5.69. The Hall–Kier alpha value is -1.82. The highest BCUT2D eigenvalue weighted by molar-refractivity contribution is 6.45. The third-order valence-electron chi connectivity index (χ3n) is 4.63. The minimum absolute atomic E-state index is 0.00328. The van der Waals surface area contributed by atoms with Crippen LogP contribution in [-0.4, -0.2) is 38.3 Å². The second kappa shape index (κ2) is 5.92. The first kappa shape index (κ1) is 15.7. The number of hydrogen-bond donors (Lipinski definition) is 1. The second-order valence-corrected chi connectivity index (χ2v) is 6.80. The van der Waals surface area contributed by atoms with Gasteiger partial charge in [-0.05, 0) is 25.5 Å². The molecule has 2 aromatic heterocycles. The van der Waals surface area contributed by atoms with E-state index in [2.05, 4.69) is 9.88 Å². The van der Waals surface area contributed by atoms with Crippen LogP contribution in [0.15, 0.2) is 36.9 Å². The number of rotatable bonds is 2. The minimum Gasteiger partial charge on any atom is -0.391 e. The molecule has 1 saturated heterocycles. The number of fused-ring (bicyclic) bond motifs is 1. The van der Waals surface area contributed by atoms with Crippen molar-refractivity contribution < 1.29 is 5.11 Å². The van der Waals surface area contributed by atoms with Crippen molar-refractivity contribution in [2.45, 2.75) is 25.5 Å². The molecule has 0 radical (unpaired) electrons. The van der Waals surface area contributed by atoms with Gasteiger partial charge < -0.3 is 14.6 Å². The lowest BCUT2D eigenvalue weighted by molar-refractivity contribution is 0.170. The monoisotopic (exact) mass is 362 g/mol. The third-order valence-corrected chi connectivity index (χ3v) is 5.42. The Labute approximate surface area is 149 Å². The van der Waals surface area contributed by atoms with Gasteiger partial charge in [-0.1, -0.05) is 23.2 Å². The van der Waals surface area contributed by atoms with Crippen molar-refractivity contribution in [1.82, 2.24) is 14.5 Å². The normalized spacial score (nSPS) is 20.9. The summed E-state index contributed by atoms with van der Waals surface area (Å²) in [4.78, 5) is 11.0. The molecule has 7 heteroatoms. The van der Waals surface area contributed by atoms with Crippen molar-refractivity contribution in [3.63, 3.8) is 0 Å². The van der Waals surface area contributed by atoms with Crippen LogP contribution in [-0.2, 0) is 0 Å². The van der Waals surface area contributed by atoms with E-state index < -0.39 is 0 Å². The summed E-state index contributed by atoms with van der Waals surface area (Å²) >= 11 is 12.6. The topological polar surface area (TPSA) is 54.2 Å². The lowest BCUT2D eigenvalue weighted by atomic mass is 10.1. The van der Waals surface area contributed by atoms with Gasteiger partial charge in [-0.25, -0.2) is 9.97 Å². The van der Waals surface area contributed by atoms with Crippen molar-refractivity contribution in [1.29, 1.82) is 0 Å². The molecule has 0 saturated carbocycles. The average Bonchev–Trinajstić information content (AvgIpc) is 3.22. The molecule has 3 aromatic rings. The first-order chi connectivity index (χ1) is 11.6. The molecule has 24 heavy (non-hydrogen) atoms. The SMILES string of the molecule is C[C@@H]1[C@@H](O)CCN1c1cc(-n2ccnc2)c2ccc(Cl)c(Cl)c2n1. The molecule has 1 aromatic carbocycles. The molecule has 1 aliphatic rings. The lowest BCUT2D eigenvalue weighted by Gasteiger charge is -2.25. The van der Waals surface area contributed by atoms with Crippen LogP contribution in [0.5, 0.6) is 0 Å². The van der Waals surface area contributed by atoms with Crippen molar-refractivity contribution in [2.75, 3.05) is 11.4 Å². The minimum atomic E-state index is -0.353. The molecule has 0 amide bonds. The molecule has 4 rings (SSSR count). The number of imidazole rings is 1. The van der Waals surface area contributed by atoms with E-state index in [1.54, 1.807) is 18.6 Å². The van der Waals surface area contributed by atoms with Crippen LogP contribution < -0.4 is 4.90 Å². The van der Waals surface area contributed by atoms with Crippen LogP contribution in [0, 0.1) is 0 Å². The maximum atomic E-state index is 10.1. The van der Waals surface area contributed by atoms with Crippen LogP contribution in [0.1, 0.15) is 13.3 Å². The fourth-order valence-corrected chi connectivity index (χ4v) is 3.57. The van der Waals surface area contributed by atoms with Gasteiger partial charge in [-0.3, -0.25) is 0 Å². The first-order valence-electron chi connectivity index (χ1n) is 7.78. The van der Waals surface area contributed by atoms with E-state index in [0.29, 0.717) is 15.6 Å². The summed E-state index contributed by atoms with van der Waals surface area (Å²) in [5.74, 6) is 0.777. The number of nitrogens with zero attached hydrogens (tertiary/aromatic N) is 4. The van der Waals surface area contributed by atoms with Gasteiger partial charge in [0.2, 0.25) is 0 Å². The van der Waals surface area contributed by atoms with Gasteiger partial charge in [0.1, 0.15) is 5.82 Å². The summed E-state index contributed by atoms with van der Waals surface area (Å²) in [5, 5.41) is 11.9. The Morgan fingerprint density at radius 2 is 2.12 bits per heavy atom. The van der Waals surface area contributed by atoms with Crippen molar-refractivity contribution >= 4 is 39.9 Å². The van der Waals surface area contributed by atoms with E-state index in [4.69, 9.17) is 28.2 Å². The molecule has 2 atom stereocenters. The highest BCUT2D eigenvalue weighted by atomic mass is 35.5. The molecular formula is C17H16Cl2N4O. The van der Waals surface area contributed by atoms with Crippen LogP contribution in [0.3, 0.4) is 0 Å². The maximum Gasteiger partial charge on any atom is 0.131 e. The fraction of sp³-hybridized carbons (Fsp3) is 0.294. The molecule has 1 fully saturated rings. The van der Waals surface area contributed by atoms with E-state index in [1.807, 2.05) is 29.8 Å². The van der Waals surface area contributed by atoms with Crippen LogP contribution in [0.4, 0.5) is 5.82 Å². The van der Waals surface area contributed by atoms with Crippen LogP contribution in [0.2, 0.25) is 10.0 Å². The number of aromatic nitrogens is 3. The van der Waals surface area contributed by atoms with Crippen molar-refractivity contribution in [3.05, 3.63) is 47.0 Å². The standard InChI is InChI=1S/C17H16Cl2N4O/c1-10-14(24)4-6-23(10)15-8-13(22-7-5-20-9-22)11-2-3-12(18)16(19)17(11)21-15/h2-3,5,7-10,14,24H,4,6H2,1H3/t10-,14+/m1/s1. The number of pyridine rings is 1. The molecule has 3 heterocycles. The largest absolute Gasteiger partial charge is 0.391 e. The zero-order valence-corrected chi connectivity index (χ0v) is 14.5. The van der Waals surface area contributed by atoms with Crippen LogP contribution >= 0.6 is 23.2 Å². The average molecular weight is 363 g/mol. The second-order valence-electron chi connectivity index (χ2n) is 6.02. The summed E-state index contributed by atoms with van der Waals surface area (Å²) in [5.41, 5.74) is 1.58. The van der Waals surface area contributed by atoms with E-state index in [1.165, 1.54) is 0 Å². The Morgan fingerprint density at radius 1 is 1.29 bits per heavy atom. The predicted molar refractivity (Wildman–Crippen MR) is 96.3 cm³/mol. The zero-order chi connectivity index (χ0) is 16.8.